The van der Waals surface area contributed by atoms with Crippen molar-refractivity contribution in [3.8, 4) is 0 Å². The van der Waals surface area contributed by atoms with Crippen molar-refractivity contribution >= 4 is 29.1 Å². The zero-order valence-corrected chi connectivity index (χ0v) is 7.69. The van der Waals surface area contributed by atoms with Gasteiger partial charge in [-0.25, -0.2) is 4.79 Å². The molecule has 1 heterocycles. The summed E-state index contributed by atoms with van der Waals surface area (Å²) in [6.45, 7) is 3.54. The second-order valence-corrected chi connectivity index (χ2v) is 4.02. The second-order valence-electron chi connectivity index (χ2n) is 1.78. The first kappa shape index (κ1) is 9.21. The summed E-state index contributed by atoms with van der Waals surface area (Å²) in [6.07, 6.45) is 1.73. The molecule has 0 unspecified atom stereocenters. The molecule has 0 bridgehead atoms. The van der Waals surface area contributed by atoms with Gasteiger partial charge < -0.3 is 5.11 Å². The number of carboxylic acid groups (broad SMARTS) is 1. The summed E-state index contributed by atoms with van der Waals surface area (Å²) in [6, 6.07) is 0. The maximum atomic E-state index is 10.4. The summed E-state index contributed by atoms with van der Waals surface area (Å²) in [4.78, 5) is 10.4. The van der Waals surface area contributed by atoms with Crippen molar-refractivity contribution in [3.63, 3.8) is 0 Å². The minimum atomic E-state index is -1.03. The van der Waals surface area contributed by atoms with Crippen molar-refractivity contribution in [2.45, 2.75) is 4.34 Å². The van der Waals surface area contributed by atoms with Crippen molar-refractivity contribution in [1.82, 2.24) is 10.2 Å². The van der Waals surface area contributed by atoms with E-state index in [-0.39, 0.29) is 5.01 Å². The number of thioether (sulfide) groups is 1. The molecule has 0 radical (unpaired) electrons. The van der Waals surface area contributed by atoms with Gasteiger partial charge in [0.05, 0.1) is 0 Å². The molecule has 64 valence electrons. The van der Waals surface area contributed by atoms with E-state index in [1.165, 1.54) is 11.8 Å². The topological polar surface area (TPSA) is 63.1 Å². The lowest BCUT2D eigenvalue weighted by molar-refractivity contribution is 0.0695. The van der Waals surface area contributed by atoms with Crippen molar-refractivity contribution in [1.29, 1.82) is 0 Å². The molecular formula is C6H6N2O2S2. The van der Waals surface area contributed by atoms with E-state index in [4.69, 9.17) is 5.11 Å². The van der Waals surface area contributed by atoms with Crippen LogP contribution in [0, 0.1) is 0 Å². The fraction of sp³-hybridized carbons (Fsp3) is 0.167. The number of aromatic nitrogens is 2. The highest BCUT2D eigenvalue weighted by Gasteiger charge is 2.09. The average molecular weight is 202 g/mol. The molecule has 1 aromatic heterocycles. The van der Waals surface area contributed by atoms with Gasteiger partial charge in [0, 0.05) is 5.75 Å². The number of carbonyl (C=O) groups is 1. The van der Waals surface area contributed by atoms with Crippen LogP contribution in [-0.4, -0.2) is 27.0 Å². The van der Waals surface area contributed by atoms with Crippen molar-refractivity contribution in [2.75, 3.05) is 5.75 Å². The van der Waals surface area contributed by atoms with Gasteiger partial charge in [-0.2, -0.15) is 0 Å². The molecule has 1 N–H and O–H groups in total. The fourth-order valence-corrected chi connectivity index (χ4v) is 1.94. The van der Waals surface area contributed by atoms with Crippen molar-refractivity contribution < 1.29 is 9.90 Å². The summed E-state index contributed by atoms with van der Waals surface area (Å²) < 4.78 is 0.660. The monoisotopic (exact) mass is 202 g/mol. The first-order valence-electron chi connectivity index (χ1n) is 3.04. The third-order valence-corrected chi connectivity index (χ3v) is 2.95. The first-order valence-corrected chi connectivity index (χ1v) is 4.84. The highest BCUT2D eigenvalue weighted by molar-refractivity contribution is 8.01. The lowest BCUT2D eigenvalue weighted by Gasteiger charge is -1.85. The Balaban J connectivity index is 2.64. The van der Waals surface area contributed by atoms with Crippen LogP contribution in [0.3, 0.4) is 0 Å². The van der Waals surface area contributed by atoms with Crippen LogP contribution in [0.4, 0.5) is 0 Å². The van der Waals surface area contributed by atoms with Gasteiger partial charge in [0.25, 0.3) is 0 Å². The zero-order chi connectivity index (χ0) is 8.97. The molecule has 0 fully saturated rings. The summed E-state index contributed by atoms with van der Waals surface area (Å²) in [5, 5.41) is 15.7. The minimum absolute atomic E-state index is 0.0292. The predicted octanol–water partition coefficient (Wildman–Crippen LogP) is 1.51. The molecule has 0 atom stereocenters. The Labute approximate surface area is 77.3 Å². The molecular weight excluding hydrogens is 196 g/mol. The molecule has 4 nitrogen and oxygen atoms in total. The van der Waals surface area contributed by atoms with Gasteiger partial charge in [-0.05, 0) is 0 Å². The van der Waals surface area contributed by atoms with E-state index >= 15 is 0 Å². The van der Waals surface area contributed by atoms with Crippen LogP contribution >= 0.6 is 23.1 Å². The maximum Gasteiger partial charge on any atom is 0.367 e. The number of carboxylic acids is 1. The number of hydrogen-bond acceptors (Lipinski definition) is 5. The van der Waals surface area contributed by atoms with Gasteiger partial charge in [-0.3, -0.25) is 0 Å². The van der Waals surface area contributed by atoms with Crippen molar-refractivity contribution in [3.05, 3.63) is 17.7 Å². The molecule has 0 saturated carbocycles. The minimum Gasteiger partial charge on any atom is -0.476 e. The van der Waals surface area contributed by atoms with Crippen LogP contribution < -0.4 is 0 Å². The Morgan fingerprint density at radius 1 is 1.75 bits per heavy atom. The van der Waals surface area contributed by atoms with Crippen LogP contribution in [0.1, 0.15) is 9.80 Å². The van der Waals surface area contributed by atoms with E-state index in [0.29, 0.717) is 10.1 Å². The summed E-state index contributed by atoms with van der Waals surface area (Å²) >= 11 is 2.50. The standard InChI is InChI=1S/C6H6N2O2S2/c1-2-3-11-6-8-7-4(12-6)5(9)10/h2H,1,3H2,(H,9,10). The van der Waals surface area contributed by atoms with Gasteiger partial charge in [0.1, 0.15) is 0 Å². The molecule has 0 saturated heterocycles. The van der Waals surface area contributed by atoms with Gasteiger partial charge in [0.15, 0.2) is 4.34 Å². The third kappa shape index (κ3) is 2.31. The Morgan fingerprint density at radius 2 is 2.50 bits per heavy atom. The number of hydrogen-bond donors (Lipinski definition) is 1. The van der Waals surface area contributed by atoms with Gasteiger partial charge >= 0.3 is 5.97 Å². The summed E-state index contributed by atoms with van der Waals surface area (Å²) in [5.74, 6) is -0.313. The zero-order valence-electron chi connectivity index (χ0n) is 6.06. The molecule has 0 aliphatic carbocycles. The van der Waals surface area contributed by atoms with Gasteiger partial charge in [-0.1, -0.05) is 29.2 Å². The summed E-state index contributed by atoms with van der Waals surface area (Å²) in [5.41, 5.74) is 0. The SMILES string of the molecule is C=CCSc1nnc(C(=O)O)s1. The molecule has 0 spiro atoms. The van der Waals surface area contributed by atoms with Crippen LogP contribution in [0.2, 0.25) is 0 Å². The smallest absolute Gasteiger partial charge is 0.367 e. The third-order valence-electron chi connectivity index (χ3n) is 0.914. The van der Waals surface area contributed by atoms with Crippen LogP contribution in [0.25, 0.3) is 0 Å². The van der Waals surface area contributed by atoms with E-state index in [0.717, 1.165) is 11.3 Å². The fourth-order valence-electron chi connectivity index (χ4n) is 0.485. The predicted molar refractivity (Wildman–Crippen MR) is 47.8 cm³/mol. The Bertz CT molecular complexity index is 297. The molecule has 6 heteroatoms. The van der Waals surface area contributed by atoms with E-state index in [1.54, 1.807) is 6.08 Å². The Hall–Kier alpha value is -0.880. The highest BCUT2D eigenvalue weighted by atomic mass is 32.2. The van der Waals surface area contributed by atoms with Gasteiger partial charge in [-0.15, -0.1) is 16.8 Å². The van der Waals surface area contributed by atoms with Gasteiger partial charge in [0.2, 0.25) is 5.01 Å². The quantitative estimate of drug-likeness (QED) is 0.592. The lowest BCUT2D eigenvalue weighted by atomic mass is 10.7. The number of rotatable bonds is 4. The van der Waals surface area contributed by atoms with Crippen LogP contribution in [-0.2, 0) is 0 Å². The lowest BCUT2D eigenvalue weighted by Crippen LogP contribution is -1.93. The van der Waals surface area contributed by atoms with E-state index < -0.39 is 5.97 Å². The molecule has 0 aromatic carbocycles. The molecule has 0 aliphatic rings. The number of aromatic carboxylic acids is 1. The largest absolute Gasteiger partial charge is 0.476 e. The molecule has 0 aliphatic heterocycles. The van der Waals surface area contributed by atoms with E-state index in [1.807, 2.05) is 0 Å². The normalized spacial score (nSPS) is 9.67. The molecule has 1 rings (SSSR count). The number of nitrogens with zero attached hydrogens (tertiary/aromatic N) is 2. The van der Waals surface area contributed by atoms with Crippen molar-refractivity contribution in [2.24, 2.45) is 0 Å². The van der Waals surface area contributed by atoms with E-state index in [9.17, 15) is 4.79 Å². The Morgan fingerprint density at radius 3 is 3.00 bits per heavy atom. The van der Waals surface area contributed by atoms with Crippen LogP contribution in [0.5, 0.6) is 0 Å². The summed E-state index contributed by atoms with van der Waals surface area (Å²) in [7, 11) is 0. The maximum absolute atomic E-state index is 10.4. The van der Waals surface area contributed by atoms with E-state index in [2.05, 4.69) is 16.8 Å². The Kier molecular flexibility index (Phi) is 3.24. The molecule has 0 amide bonds. The van der Waals surface area contributed by atoms with Crippen LogP contribution in [0.15, 0.2) is 17.0 Å². The average Bonchev–Trinajstić information content (AvgIpc) is 2.48. The highest BCUT2D eigenvalue weighted by Crippen LogP contribution is 2.21. The second kappa shape index (κ2) is 4.22. The molecule has 1 aromatic rings. The first-order chi connectivity index (χ1) is 5.74. The molecule has 12 heavy (non-hydrogen) atoms.